The van der Waals surface area contributed by atoms with Crippen LogP contribution in [0.15, 0.2) is 16.6 Å². The van der Waals surface area contributed by atoms with Crippen LogP contribution >= 0.6 is 50.9 Å². The zero-order chi connectivity index (χ0) is 11.3. The Morgan fingerprint density at radius 3 is 2.73 bits per heavy atom. The second kappa shape index (κ2) is 6.89. The van der Waals surface area contributed by atoms with Gasteiger partial charge in [-0.15, -0.1) is 0 Å². The minimum absolute atomic E-state index is 0.562. The predicted octanol–water partition coefficient (Wildman–Crippen LogP) is 4.92. The van der Waals surface area contributed by atoms with Crippen molar-refractivity contribution >= 4 is 56.6 Å². The summed E-state index contributed by atoms with van der Waals surface area (Å²) < 4.78 is 0.823. The molecule has 0 aliphatic heterocycles. The first-order chi connectivity index (χ1) is 7.16. The highest BCUT2D eigenvalue weighted by Gasteiger charge is 2.07. The normalized spacial score (nSPS) is 10.4. The number of benzene rings is 1. The van der Waals surface area contributed by atoms with Crippen molar-refractivity contribution in [3.63, 3.8) is 0 Å². The predicted molar refractivity (Wildman–Crippen MR) is 75.7 cm³/mol. The molecule has 0 bridgehead atoms. The highest BCUT2D eigenvalue weighted by molar-refractivity contribution is 9.10. The van der Waals surface area contributed by atoms with E-state index in [-0.39, 0.29) is 0 Å². The lowest BCUT2D eigenvalue weighted by Crippen LogP contribution is -2.03. The molecule has 0 fully saturated rings. The Labute approximate surface area is 113 Å². The highest BCUT2D eigenvalue weighted by atomic mass is 79.9. The molecule has 1 aromatic rings. The lowest BCUT2D eigenvalue weighted by Gasteiger charge is -2.09. The van der Waals surface area contributed by atoms with Crippen LogP contribution in [0.25, 0.3) is 0 Å². The van der Waals surface area contributed by atoms with Gasteiger partial charge < -0.3 is 5.32 Å². The van der Waals surface area contributed by atoms with E-state index in [1.807, 2.05) is 23.9 Å². The van der Waals surface area contributed by atoms with E-state index in [9.17, 15) is 0 Å². The first kappa shape index (κ1) is 13.5. The smallest absolute Gasteiger partial charge is 0.0835 e. The van der Waals surface area contributed by atoms with Crippen LogP contribution in [0.4, 0.5) is 5.69 Å². The molecule has 0 aromatic heterocycles. The van der Waals surface area contributed by atoms with Crippen LogP contribution in [0, 0.1) is 0 Å². The van der Waals surface area contributed by atoms with Crippen molar-refractivity contribution in [3.8, 4) is 0 Å². The Morgan fingerprint density at radius 1 is 1.33 bits per heavy atom. The van der Waals surface area contributed by atoms with Crippen LogP contribution in [0.3, 0.4) is 0 Å². The fourth-order valence-electron chi connectivity index (χ4n) is 1.10. The summed E-state index contributed by atoms with van der Waals surface area (Å²) in [5, 5.41) is 4.41. The Kier molecular flexibility index (Phi) is 6.20. The first-order valence-corrected chi connectivity index (χ1v) is 7.47. The molecule has 0 aliphatic rings. The van der Waals surface area contributed by atoms with Crippen molar-refractivity contribution in [2.75, 3.05) is 23.9 Å². The summed E-state index contributed by atoms with van der Waals surface area (Å²) in [4.78, 5) is 0. The van der Waals surface area contributed by atoms with E-state index in [2.05, 4.69) is 27.5 Å². The Bertz CT molecular complexity index is 333. The largest absolute Gasteiger partial charge is 0.384 e. The molecule has 0 heterocycles. The van der Waals surface area contributed by atoms with Crippen LogP contribution in [-0.4, -0.2) is 18.6 Å². The summed E-state index contributed by atoms with van der Waals surface area (Å²) >= 11 is 17.2. The van der Waals surface area contributed by atoms with Gasteiger partial charge in [-0.1, -0.05) is 23.2 Å². The van der Waals surface area contributed by atoms with E-state index in [0.29, 0.717) is 10.0 Å². The number of hydrogen-bond acceptors (Lipinski definition) is 2. The molecule has 0 spiro atoms. The molecular formula is C10H12BrCl2NS. The average molecular weight is 329 g/mol. The molecule has 5 heteroatoms. The number of rotatable bonds is 5. The summed E-state index contributed by atoms with van der Waals surface area (Å²) in [6.07, 6.45) is 3.22. The van der Waals surface area contributed by atoms with E-state index in [0.717, 1.165) is 28.9 Å². The van der Waals surface area contributed by atoms with Gasteiger partial charge in [0.15, 0.2) is 0 Å². The Hall–Kier alpha value is 0.430. The highest BCUT2D eigenvalue weighted by Crippen LogP contribution is 2.35. The molecule has 0 saturated heterocycles. The van der Waals surface area contributed by atoms with Gasteiger partial charge in [-0.2, -0.15) is 11.8 Å². The summed E-state index contributed by atoms with van der Waals surface area (Å²) in [6, 6.07) is 3.82. The quantitative estimate of drug-likeness (QED) is 0.608. The first-order valence-electron chi connectivity index (χ1n) is 4.53. The lowest BCUT2D eigenvalue weighted by molar-refractivity contribution is 0.993. The minimum Gasteiger partial charge on any atom is -0.384 e. The number of anilines is 1. The van der Waals surface area contributed by atoms with E-state index in [4.69, 9.17) is 23.2 Å². The zero-order valence-electron chi connectivity index (χ0n) is 8.32. The maximum Gasteiger partial charge on any atom is 0.0835 e. The number of hydrogen-bond donors (Lipinski definition) is 1. The van der Waals surface area contributed by atoms with Crippen molar-refractivity contribution in [1.82, 2.24) is 0 Å². The lowest BCUT2D eigenvalue weighted by atomic mass is 10.3. The van der Waals surface area contributed by atoms with Crippen LogP contribution in [0.2, 0.25) is 10.0 Å². The maximum atomic E-state index is 6.08. The summed E-state index contributed by atoms with van der Waals surface area (Å²) in [6.45, 7) is 0.915. The van der Waals surface area contributed by atoms with Gasteiger partial charge in [0.2, 0.25) is 0 Å². The molecule has 0 aliphatic carbocycles. The van der Waals surface area contributed by atoms with Crippen LogP contribution < -0.4 is 5.32 Å². The Balaban J connectivity index is 2.58. The monoisotopic (exact) mass is 327 g/mol. The molecule has 84 valence electrons. The van der Waals surface area contributed by atoms with Gasteiger partial charge in [0.25, 0.3) is 0 Å². The van der Waals surface area contributed by atoms with Crippen molar-refractivity contribution in [1.29, 1.82) is 0 Å². The number of nitrogens with one attached hydrogen (secondary N) is 1. The summed E-state index contributed by atoms with van der Waals surface area (Å²) in [5.74, 6) is 1.15. The molecule has 0 atom stereocenters. The van der Waals surface area contributed by atoms with Crippen molar-refractivity contribution in [2.24, 2.45) is 0 Å². The standard InChI is InChI=1S/C10H12BrCl2NS/c1-15-6-2-5-14-8-4-3-7(11)9(12)10(8)13/h3-4,14H,2,5-6H2,1H3. The van der Waals surface area contributed by atoms with Crippen molar-refractivity contribution in [3.05, 3.63) is 26.7 Å². The number of halogens is 3. The van der Waals surface area contributed by atoms with Crippen LogP contribution in [-0.2, 0) is 0 Å². The Morgan fingerprint density at radius 2 is 2.07 bits per heavy atom. The zero-order valence-corrected chi connectivity index (χ0v) is 12.2. The topological polar surface area (TPSA) is 12.0 Å². The van der Waals surface area contributed by atoms with Crippen LogP contribution in [0.1, 0.15) is 6.42 Å². The SMILES string of the molecule is CSCCCNc1ccc(Br)c(Cl)c1Cl. The van der Waals surface area contributed by atoms with Gasteiger partial charge in [-0.25, -0.2) is 0 Å². The fourth-order valence-corrected chi connectivity index (χ4v) is 2.38. The third kappa shape index (κ3) is 4.06. The maximum absolute atomic E-state index is 6.08. The van der Waals surface area contributed by atoms with Crippen LogP contribution in [0.5, 0.6) is 0 Å². The average Bonchev–Trinajstić information content (AvgIpc) is 2.24. The molecule has 1 aromatic carbocycles. The minimum atomic E-state index is 0.562. The molecule has 1 rings (SSSR count). The molecule has 0 saturated carbocycles. The second-order valence-corrected chi connectivity index (χ2v) is 5.59. The molecule has 1 nitrogen and oxygen atoms in total. The van der Waals surface area contributed by atoms with Gasteiger partial charge in [0.1, 0.15) is 0 Å². The summed E-state index contributed by atoms with van der Waals surface area (Å²) in [5.41, 5.74) is 0.894. The molecule has 0 radical (unpaired) electrons. The molecule has 15 heavy (non-hydrogen) atoms. The molecular weight excluding hydrogens is 317 g/mol. The molecule has 0 unspecified atom stereocenters. The van der Waals surface area contributed by atoms with Gasteiger partial charge >= 0.3 is 0 Å². The summed E-state index contributed by atoms with van der Waals surface area (Å²) in [7, 11) is 0. The third-order valence-corrected chi connectivity index (χ3v) is 4.34. The van der Waals surface area contributed by atoms with Gasteiger partial charge in [0.05, 0.1) is 15.7 Å². The van der Waals surface area contributed by atoms with Gasteiger partial charge in [-0.05, 0) is 46.5 Å². The molecule has 0 amide bonds. The van der Waals surface area contributed by atoms with Crippen molar-refractivity contribution in [2.45, 2.75) is 6.42 Å². The van der Waals surface area contributed by atoms with Gasteiger partial charge in [-0.3, -0.25) is 0 Å². The molecule has 1 N–H and O–H groups in total. The number of thioether (sulfide) groups is 1. The fraction of sp³-hybridized carbons (Fsp3) is 0.400. The van der Waals surface area contributed by atoms with E-state index in [1.54, 1.807) is 0 Å². The van der Waals surface area contributed by atoms with Crippen molar-refractivity contribution < 1.29 is 0 Å². The third-order valence-electron chi connectivity index (χ3n) is 1.88. The van der Waals surface area contributed by atoms with E-state index in [1.165, 1.54) is 0 Å². The van der Waals surface area contributed by atoms with E-state index < -0.39 is 0 Å². The van der Waals surface area contributed by atoms with E-state index >= 15 is 0 Å². The second-order valence-electron chi connectivity index (χ2n) is 3.00. The van der Waals surface area contributed by atoms with Gasteiger partial charge in [0, 0.05) is 11.0 Å².